The molecule has 110 valence electrons. The average molecular weight is 374 g/mol. The zero-order chi connectivity index (χ0) is 15.4. The number of benzene rings is 2. The van der Waals surface area contributed by atoms with Crippen LogP contribution < -0.4 is 10.5 Å². The number of hydrogen-bond acceptors (Lipinski definition) is 3. The monoisotopic (exact) mass is 372 g/mol. The van der Waals surface area contributed by atoms with Crippen LogP contribution in [0.15, 0.2) is 46.0 Å². The number of ether oxygens (including phenoxy) is 1. The minimum absolute atomic E-state index is 0.00363. The Morgan fingerprint density at radius 2 is 2.10 bits per heavy atom. The lowest BCUT2D eigenvalue weighted by atomic mass is 10.2. The van der Waals surface area contributed by atoms with E-state index in [1.165, 1.54) is 6.07 Å². The second-order valence-electron chi connectivity index (χ2n) is 4.15. The zero-order valence-electron chi connectivity index (χ0n) is 10.7. The number of rotatable bonds is 4. The summed E-state index contributed by atoms with van der Waals surface area (Å²) in [7, 11) is 0. The summed E-state index contributed by atoms with van der Waals surface area (Å²) < 4.78 is 20.0. The van der Waals surface area contributed by atoms with Crippen molar-refractivity contribution in [2.24, 2.45) is 10.9 Å². The highest BCUT2D eigenvalue weighted by Crippen LogP contribution is 2.25. The molecule has 21 heavy (non-hydrogen) atoms. The first-order valence-electron chi connectivity index (χ1n) is 5.85. The van der Waals surface area contributed by atoms with Gasteiger partial charge in [-0.2, -0.15) is 0 Å². The van der Waals surface area contributed by atoms with Crippen molar-refractivity contribution in [3.8, 4) is 5.75 Å². The van der Waals surface area contributed by atoms with Crippen molar-refractivity contribution in [2.45, 2.75) is 6.61 Å². The Hall–Kier alpha value is -1.79. The molecule has 2 rings (SSSR count). The second kappa shape index (κ2) is 6.78. The average Bonchev–Trinajstić information content (AvgIpc) is 2.46. The highest BCUT2D eigenvalue weighted by molar-refractivity contribution is 9.10. The van der Waals surface area contributed by atoms with Crippen LogP contribution >= 0.6 is 27.5 Å². The Bertz CT molecular complexity index is 695. The third kappa shape index (κ3) is 3.86. The second-order valence-corrected chi connectivity index (χ2v) is 5.50. The van der Waals surface area contributed by atoms with Gasteiger partial charge in [-0.25, -0.2) is 4.39 Å². The minimum Gasteiger partial charge on any atom is -0.488 e. The predicted molar refractivity (Wildman–Crippen MR) is 82.4 cm³/mol. The smallest absolute Gasteiger partial charge is 0.173 e. The summed E-state index contributed by atoms with van der Waals surface area (Å²) in [6.07, 6.45) is 0. The molecule has 0 fully saturated rings. The largest absolute Gasteiger partial charge is 0.488 e. The molecular weight excluding hydrogens is 363 g/mol. The lowest BCUT2D eigenvalue weighted by Crippen LogP contribution is -2.15. The summed E-state index contributed by atoms with van der Waals surface area (Å²) in [5, 5.41) is 12.0. The molecule has 2 aromatic carbocycles. The van der Waals surface area contributed by atoms with Crippen LogP contribution in [0.3, 0.4) is 0 Å². The molecule has 2 aromatic rings. The summed E-state index contributed by atoms with van der Waals surface area (Å²) in [5.74, 6) is -0.171. The van der Waals surface area contributed by atoms with Crippen molar-refractivity contribution in [1.82, 2.24) is 0 Å². The Morgan fingerprint density at radius 1 is 1.33 bits per heavy atom. The van der Waals surface area contributed by atoms with Gasteiger partial charge in [0.15, 0.2) is 5.84 Å². The van der Waals surface area contributed by atoms with E-state index in [2.05, 4.69) is 21.1 Å². The molecule has 0 aromatic heterocycles. The number of nitrogens with two attached hydrogens (primary N) is 1. The molecule has 0 saturated carbocycles. The molecule has 0 heterocycles. The number of hydrogen-bond donors (Lipinski definition) is 2. The van der Waals surface area contributed by atoms with Crippen molar-refractivity contribution in [1.29, 1.82) is 0 Å². The lowest BCUT2D eigenvalue weighted by Gasteiger charge is -2.11. The highest BCUT2D eigenvalue weighted by Gasteiger charge is 2.11. The van der Waals surface area contributed by atoms with Gasteiger partial charge < -0.3 is 15.7 Å². The summed E-state index contributed by atoms with van der Waals surface area (Å²) in [6.45, 7) is -0.00363. The third-order valence-electron chi connectivity index (χ3n) is 2.72. The van der Waals surface area contributed by atoms with E-state index in [1.807, 2.05) is 0 Å². The van der Waals surface area contributed by atoms with E-state index < -0.39 is 5.82 Å². The maximum absolute atomic E-state index is 13.7. The van der Waals surface area contributed by atoms with Crippen LogP contribution in [0.25, 0.3) is 0 Å². The normalized spacial score (nSPS) is 11.5. The fourth-order valence-electron chi connectivity index (χ4n) is 1.68. The Balaban J connectivity index is 2.24. The molecule has 0 bridgehead atoms. The zero-order valence-corrected chi connectivity index (χ0v) is 13.0. The van der Waals surface area contributed by atoms with E-state index in [0.29, 0.717) is 21.9 Å². The first-order chi connectivity index (χ1) is 10.0. The molecule has 0 atom stereocenters. The van der Waals surface area contributed by atoms with Gasteiger partial charge in [0.05, 0.1) is 5.56 Å². The fourth-order valence-corrected chi connectivity index (χ4v) is 2.20. The van der Waals surface area contributed by atoms with Gasteiger partial charge in [-0.05, 0) is 30.3 Å². The molecule has 0 amide bonds. The molecule has 0 saturated heterocycles. The van der Waals surface area contributed by atoms with Gasteiger partial charge in [0, 0.05) is 15.1 Å². The van der Waals surface area contributed by atoms with Crippen LogP contribution in [-0.2, 0) is 6.61 Å². The molecule has 0 unspecified atom stereocenters. The van der Waals surface area contributed by atoms with Crippen LogP contribution in [0, 0.1) is 5.82 Å². The molecule has 0 radical (unpaired) electrons. The van der Waals surface area contributed by atoms with Gasteiger partial charge in [0.25, 0.3) is 0 Å². The number of nitrogens with zero attached hydrogens (tertiary/aromatic N) is 1. The van der Waals surface area contributed by atoms with Crippen molar-refractivity contribution in [2.75, 3.05) is 0 Å². The topological polar surface area (TPSA) is 67.8 Å². The van der Waals surface area contributed by atoms with Crippen molar-refractivity contribution in [3.05, 3.63) is 62.8 Å². The number of oxime groups is 1. The Labute approximate surface area is 134 Å². The van der Waals surface area contributed by atoms with Crippen LogP contribution in [0.2, 0.25) is 5.02 Å². The summed E-state index contributed by atoms with van der Waals surface area (Å²) in [4.78, 5) is 0. The van der Waals surface area contributed by atoms with Gasteiger partial charge >= 0.3 is 0 Å². The molecular formula is C14H11BrClFN2O2. The van der Waals surface area contributed by atoms with E-state index in [-0.39, 0.29) is 12.4 Å². The Kier molecular flexibility index (Phi) is 5.03. The first kappa shape index (κ1) is 15.6. The minimum atomic E-state index is -0.454. The van der Waals surface area contributed by atoms with Crippen molar-refractivity contribution >= 4 is 33.4 Å². The van der Waals surface area contributed by atoms with Gasteiger partial charge in [-0.15, -0.1) is 0 Å². The van der Waals surface area contributed by atoms with Gasteiger partial charge in [0.1, 0.15) is 18.2 Å². The van der Waals surface area contributed by atoms with Gasteiger partial charge in [0.2, 0.25) is 0 Å². The van der Waals surface area contributed by atoms with E-state index in [1.54, 1.807) is 30.3 Å². The SMILES string of the molecule is N/C(=N/O)c1cc(Br)ccc1OCc1ccc(Cl)cc1F. The van der Waals surface area contributed by atoms with E-state index in [4.69, 9.17) is 27.3 Å². The van der Waals surface area contributed by atoms with Gasteiger partial charge in [-0.3, -0.25) is 0 Å². The maximum atomic E-state index is 13.7. The summed E-state index contributed by atoms with van der Waals surface area (Å²) >= 11 is 8.98. The summed E-state index contributed by atoms with van der Waals surface area (Å²) in [6, 6.07) is 9.36. The van der Waals surface area contributed by atoms with E-state index in [0.717, 1.165) is 4.47 Å². The quantitative estimate of drug-likeness (QED) is 0.369. The van der Waals surface area contributed by atoms with E-state index >= 15 is 0 Å². The molecule has 0 aliphatic rings. The van der Waals surface area contributed by atoms with Crippen LogP contribution in [0.5, 0.6) is 5.75 Å². The van der Waals surface area contributed by atoms with Crippen molar-refractivity contribution < 1.29 is 14.3 Å². The third-order valence-corrected chi connectivity index (χ3v) is 3.45. The molecule has 3 N–H and O–H groups in total. The van der Waals surface area contributed by atoms with Gasteiger partial charge in [-0.1, -0.05) is 38.8 Å². The molecule has 0 aliphatic carbocycles. The van der Waals surface area contributed by atoms with Crippen molar-refractivity contribution in [3.63, 3.8) is 0 Å². The highest BCUT2D eigenvalue weighted by atomic mass is 79.9. The lowest BCUT2D eigenvalue weighted by molar-refractivity contribution is 0.297. The first-order valence-corrected chi connectivity index (χ1v) is 7.02. The van der Waals surface area contributed by atoms with Crippen LogP contribution in [0.1, 0.15) is 11.1 Å². The van der Waals surface area contributed by atoms with E-state index in [9.17, 15) is 4.39 Å². The number of amidine groups is 1. The van der Waals surface area contributed by atoms with Crippen LogP contribution in [0.4, 0.5) is 4.39 Å². The maximum Gasteiger partial charge on any atom is 0.173 e. The molecule has 0 spiro atoms. The Morgan fingerprint density at radius 3 is 2.76 bits per heavy atom. The summed E-state index contributed by atoms with van der Waals surface area (Å²) in [5.41, 5.74) is 6.35. The standard InChI is InChI=1S/C14H11BrClFN2O2/c15-9-2-4-13(11(5-9)14(18)19-20)21-7-8-1-3-10(16)6-12(8)17/h1-6,20H,7H2,(H2,18,19). The predicted octanol–water partition coefficient (Wildman–Crippen LogP) is 3.92. The van der Waals surface area contributed by atoms with Crippen LogP contribution in [-0.4, -0.2) is 11.0 Å². The number of halogens is 3. The fraction of sp³-hybridized carbons (Fsp3) is 0.0714. The molecule has 0 aliphatic heterocycles. The molecule has 4 nitrogen and oxygen atoms in total. The molecule has 7 heteroatoms.